The van der Waals surface area contributed by atoms with Crippen molar-refractivity contribution in [2.45, 2.75) is 6.54 Å². The van der Waals surface area contributed by atoms with E-state index in [1.807, 2.05) is 6.07 Å². The molecule has 8 nitrogen and oxygen atoms in total. The van der Waals surface area contributed by atoms with Gasteiger partial charge in [0.15, 0.2) is 6.61 Å². The maximum absolute atomic E-state index is 12.7. The largest absolute Gasteiger partial charge is 0.482 e. The number of benzene rings is 2. The molecule has 2 aromatic rings. The van der Waals surface area contributed by atoms with Gasteiger partial charge in [0, 0.05) is 0 Å². The maximum Gasteiger partial charge on any atom is 0.341 e. The average molecular weight is 380 g/mol. The third kappa shape index (κ3) is 4.42. The van der Waals surface area contributed by atoms with Crippen LogP contribution < -0.4 is 10.1 Å². The first-order valence-electron chi connectivity index (χ1n) is 8.31. The van der Waals surface area contributed by atoms with Crippen molar-refractivity contribution in [2.24, 2.45) is 0 Å². The zero-order chi connectivity index (χ0) is 20.1. The Hall–Kier alpha value is -3.94. The summed E-state index contributed by atoms with van der Waals surface area (Å²) in [5.41, 5.74) is 1.10. The minimum Gasteiger partial charge on any atom is -0.482 e. The number of nitrogens with zero attached hydrogens (tertiary/aromatic N) is 1. The van der Waals surface area contributed by atoms with Gasteiger partial charge in [0.1, 0.15) is 11.3 Å². The van der Waals surface area contributed by atoms with Gasteiger partial charge in [-0.15, -0.1) is 0 Å². The van der Waals surface area contributed by atoms with Crippen LogP contribution >= 0.6 is 0 Å². The van der Waals surface area contributed by atoms with E-state index in [1.54, 1.807) is 36.4 Å². The second-order valence-corrected chi connectivity index (χ2v) is 5.95. The molecule has 3 rings (SSSR count). The number of nitrogens with one attached hydrogen (secondary N) is 1. The quantitative estimate of drug-likeness (QED) is 0.584. The molecule has 8 heteroatoms. The summed E-state index contributed by atoms with van der Waals surface area (Å²) in [5.74, 6) is -2.22. The highest BCUT2D eigenvalue weighted by Crippen LogP contribution is 2.19. The van der Waals surface area contributed by atoms with Crippen molar-refractivity contribution in [1.29, 1.82) is 0 Å². The summed E-state index contributed by atoms with van der Waals surface area (Å²) in [7, 11) is 0. The molecule has 1 aliphatic rings. The lowest BCUT2D eigenvalue weighted by molar-refractivity contribution is -0.139. The van der Waals surface area contributed by atoms with Gasteiger partial charge in [-0.1, -0.05) is 42.5 Å². The molecule has 1 saturated heterocycles. The molecule has 0 spiro atoms. The fourth-order valence-electron chi connectivity index (χ4n) is 2.58. The van der Waals surface area contributed by atoms with E-state index >= 15 is 0 Å². The van der Waals surface area contributed by atoms with Gasteiger partial charge in [0.2, 0.25) is 0 Å². The Morgan fingerprint density at radius 2 is 1.71 bits per heavy atom. The molecule has 1 fully saturated rings. The minimum absolute atomic E-state index is 0.0398. The molecular weight excluding hydrogens is 364 g/mol. The highest BCUT2D eigenvalue weighted by Gasteiger charge is 2.35. The third-order valence-electron chi connectivity index (χ3n) is 3.92. The van der Waals surface area contributed by atoms with Crippen molar-refractivity contribution in [1.82, 2.24) is 10.2 Å². The van der Waals surface area contributed by atoms with Gasteiger partial charge in [-0.3, -0.25) is 19.8 Å². The molecule has 0 aromatic heterocycles. The SMILES string of the molecule is O=C(O)COc1ccc(C=C2C(=O)NC(=O)N(Cc3ccccc3)C2=O)cc1. The van der Waals surface area contributed by atoms with Crippen LogP contribution in [0.3, 0.4) is 0 Å². The first kappa shape index (κ1) is 18.8. The molecule has 28 heavy (non-hydrogen) atoms. The zero-order valence-corrected chi connectivity index (χ0v) is 14.6. The monoisotopic (exact) mass is 380 g/mol. The number of hydrogen-bond acceptors (Lipinski definition) is 5. The number of carboxylic acid groups (broad SMARTS) is 1. The molecule has 0 aliphatic carbocycles. The van der Waals surface area contributed by atoms with Gasteiger partial charge in [0.25, 0.3) is 11.8 Å². The molecule has 2 N–H and O–H groups in total. The number of amides is 4. The average Bonchev–Trinajstić information content (AvgIpc) is 2.68. The van der Waals surface area contributed by atoms with Gasteiger partial charge in [-0.25, -0.2) is 9.59 Å². The first-order chi connectivity index (χ1) is 13.4. The summed E-state index contributed by atoms with van der Waals surface area (Å²) in [6, 6.07) is 14.4. The van der Waals surface area contributed by atoms with Crippen LogP contribution in [0.5, 0.6) is 5.75 Å². The number of hydrogen-bond donors (Lipinski definition) is 2. The molecular formula is C20H16N2O6. The molecule has 0 unspecified atom stereocenters. The van der Waals surface area contributed by atoms with E-state index in [2.05, 4.69) is 5.32 Å². The van der Waals surface area contributed by atoms with Crippen LogP contribution in [0.1, 0.15) is 11.1 Å². The number of carbonyl (C=O) groups is 4. The minimum atomic E-state index is -1.10. The molecule has 142 valence electrons. The van der Waals surface area contributed by atoms with Crippen molar-refractivity contribution < 1.29 is 29.0 Å². The Morgan fingerprint density at radius 1 is 1.04 bits per heavy atom. The van der Waals surface area contributed by atoms with Crippen LogP contribution in [0.2, 0.25) is 0 Å². The number of barbiturate groups is 1. The number of urea groups is 1. The number of imide groups is 2. The Balaban J connectivity index is 1.79. The lowest BCUT2D eigenvalue weighted by Gasteiger charge is -2.26. The number of aliphatic carboxylic acids is 1. The Bertz CT molecular complexity index is 950. The van der Waals surface area contributed by atoms with Crippen molar-refractivity contribution in [2.75, 3.05) is 6.61 Å². The number of carboxylic acids is 1. The molecule has 0 radical (unpaired) electrons. The molecule has 0 saturated carbocycles. The number of carbonyl (C=O) groups excluding carboxylic acids is 3. The van der Waals surface area contributed by atoms with Crippen LogP contribution in [0.4, 0.5) is 4.79 Å². The lowest BCUT2D eigenvalue weighted by Crippen LogP contribution is -2.53. The van der Waals surface area contributed by atoms with E-state index in [0.29, 0.717) is 11.3 Å². The Morgan fingerprint density at radius 3 is 2.36 bits per heavy atom. The van der Waals surface area contributed by atoms with Crippen molar-refractivity contribution in [3.63, 3.8) is 0 Å². The van der Waals surface area contributed by atoms with Gasteiger partial charge in [0.05, 0.1) is 6.54 Å². The van der Waals surface area contributed by atoms with Crippen molar-refractivity contribution >= 4 is 29.9 Å². The van der Waals surface area contributed by atoms with Crippen LogP contribution in [0, 0.1) is 0 Å². The highest BCUT2D eigenvalue weighted by atomic mass is 16.5. The van der Waals surface area contributed by atoms with E-state index in [4.69, 9.17) is 9.84 Å². The molecule has 0 bridgehead atoms. The lowest BCUT2D eigenvalue weighted by atomic mass is 10.1. The number of ether oxygens (including phenoxy) is 1. The third-order valence-corrected chi connectivity index (χ3v) is 3.92. The second-order valence-electron chi connectivity index (χ2n) is 5.95. The molecule has 2 aromatic carbocycles. The van der Waals surface area contributed by atoms with E-state index in [0.717, 1.165) is 10.5 Å². The Kier molecular flexibility index (Phi) is 5.50. The van der Waals surface area contributed by atoms with Gasteiger partial charge >= 0.3 is 12.0 Å². The standard InChI is InChI=1S/C20H16N2O6/c23-17(24)12-28-15-8-6-13(7-9-15)10-16-18(25)21-20(27)22(19(16)26)11-14-4-2-1-3-5-14/h1-10H,11-12H2,(H,23,24)(H,21,25,27). The summed E-state index contributed by atoms with van der Waals surface area (Å²) < 4.78 is 5.03. The normalized spacial score (nSPS) is 15.5. The molecule has 4 amide bonds. The second kappa shape index (κ2) is 8.17. The molecule has 1 heterocycles. The fourth-order valence-corrected chi connectivity index (χ4v) is 2.58. The first-order valence-corrected chi connectivity index (χ1v) is 8.31. The molecule has 0 atom stereocenters. The van der Waals surface area contributed by atoms with Gasteiger partial charge < -0.3 is 9.84 Å². The van der Waals surface area contributed by atoms with Crippen molar-refractivity contribution in [3.05, 3.63) is 71.3 Å². The van der Waals surface area contributed by atoms with Crippen molar-refractivity contribution in [3.8, 4) is 5.75 Å². The summed E-state index contributed by atoms with van der Waals surface area (Å²) >= 11 is 0. The summed E-state index contributed by atoms with van der Waals surface area (Å²) in [6.07, 6.45) is 1.36. The summed E-state index contributed by atoms with van der Waals surface area (Å²) in [5, 5.41) is 10.8. The van der Waals surface area contributed by atoms with E-state index in [1.165, 1.54) is 18.2 Å². The van der Waals surface area contributed by atoms with Gasteiger partial charge in [-0.05, 0) is 29.3 Å². The van der Waals surface area contributed by atoms with Gasteiger partial charge in [-0.2, -0.15) is 0 Å². The predicted octanol–water partition coefficient (Wildman–Crippen LogP) is 1.81. The van der Waals surface area contributed by atoms with Crippen LogP contribution in [0.15, 0.2) is 60.2 Å². The summed E-state index contributed by atoms with van der Waals surface area (Å²) in [4.78, 5) is 48.4. The van der Waals surface area contributed by atoms with Crippen LogP contribution in [0.25, 0.3) is 6.08 Å². The summed E-state index contributed by atoms with van der Waals surface area (Å²) in [6.45, 7) is -0.435. The fraction of sp³-hybridized carbons (Fsp3) is 0.100. The van der Waals surface area contributed by atoms with E-state index < -0.39 is 30.4 Å². The van der Waals surface area contributed by atoms with E-state index in [9.17, 15) is 19.2 Å². The Labute approximate surface area is 160 Å². The zero-order valence-electron chi connectivity index (χ0n) is 14.6. The van der Waals surface area contributed by atoms with Crippen LogP contribution in [-0.2, 0) is 20.9 Å². The van der Waals surface area contributed by atoms with Crippen LogP contribution in [-0.4, -0.2) is 40.4 Å². The highest BCUT2D eigenvalue weighted by molar-refractivity contribution is 6.30. The maximum atomic E-state index is 12.7. The van der Waals surface area contributed by atoms with E-state index in [-0.39, 0.29) is 12.1 Å². The topological polar surface area (TPSA) is 113 Å². The number of rotatable bonds is 6. The molecule has 1 aliphatic heterocycles. The smallest absolute Gasteiger partial charge is 0.341 e. The predicted molar refractivity (Wildman–Crippen MR) is 98.1 cm³/mol.